The summed E-state index contributed by atoms with van der Waals surface area (Å²) in [6.45, 7) is 4.67. The smallest absolute Gasteiger partial charge is 0.220 e. The van der Waals surface area contributed by atoms with E-state index in [0.717, 1.165) is 19.3 Å². The maximum Gasteiger partial charge on any atom is 0.220 e. The Kier molecular flexibility index (Phi) is 9.41. The van der Waals surface area contributed by atoms with E-state index in [0.29, 0.717) is 13.0 Å². The molecule has 2 nitrogen and oxygen atoms in total. The van der Waals surface area contributed by atoms with Crippen molar-refractivity contribution in [1.82, 2.24) is 5.32 Å². The summed E-state index contributed by atoms with van der Waals surface area (Å²) in [6, 6.07) is 0. The fraction of sp³-hybridized carbons (Fsp3) is 0.750. The third-order valence-corrected chi connectivity index (χ3v) is 1.93. The highest BCUT2D eigenvalue weighted by molar-refractivity contribution is 5.76. The second-order valence-electron chi connectivity index (χ2n) is 3.29. The molecule has 0 aromatic carbocycles. The van der Waals surface area contributed by atoms with Crippen LogP contribution in [0.4, 0.5) is 0 Å². The fourth-order valence-electron chi connectivity index (χ4n) is 1.13. The molecule has 0 aliphatic rings. The van der Waals surface area contributed by atoms with Gasteiger partial charge in [-0.25, -0.2) is 0 Å². The molecule has 0 radical (unpaired) electrons. The van der Waals surface area contributed by atoms with Gasteiger partial charge in [0.1, 0.15) is 0 Å². The largest absolute Gasteiger partial charge is 0.345 e. The van der Waals surface area contributed by atoms with Gasteiger partial charge < -0.3 is 5.32 Å². The number of amides is 1. The topological polar surface area (TPSA) is 29.1 Å². The van der Waals surface area contributed by atoms with Crippen LogP contribution in [0, 0.1) is 11.8 Å². The predicted octanol–water partition coefficient (Wildman–Crippen LogP) is 2.49. The Morgan fingerprint density at radius 3 is 2.57 bits per heavy atom. The van der Waals surface area contributed by atoms with Crippen LogP contribution in [-0.4, -0.2) is 12.5 Å². The second kappa shape index (κ2) is 10.1. The first-order chi connectivity index (χ1) is 6.81. The number of unbranched alkanes of at least 4 members (excludes halogenated alkanes) is 3. The summed E-state index contributed by atoms with van der Waals surface area (Å²) in [5.74, 6) is 5.93. The van der Waals surface area contributed by atoms with Crippen LogP contribution < -0.4 is 5.32 Å². The molecule has 0 atom stereocenters. The van der Waals surface area contributed by atoms with Gasteiger partial charge in [0.25, 0.3) is 0 Å². The molecule has 0 heterocycles. The molecule has 1 N–H and O–H groups in total. The highest BCUT2D eigenvalue weighted by atomic mass is 16.1. The van der Waals surface area contributed by atoms with Crippen LogP contribution in [0.15, 0.2) is 0 Å². The molecule has 0 aliphatic carbocycles. The number of rotatable bonds is 6. The first-order valence-electron chi connectivity index (χ1n) is 5.53. The number of carbonyl (C=O) groups excluding carboxylic acids is 1. The fourth-order valence-corrected chi connectivity index (χ4v) is 1.13. The van der Waals surface area contributed by atoms with E-state index < -0.39 is 0 Å². The Bertz CT molecular complexity index is 200. The average Bonchev–Trinajstić information content (AvgIpc) is 2.19. The van der Waals surface area contributed by atoms with Crippen LogP contribution in [-0.2, 0) is 4.79 Å². The van der Waals surface area contributed by atoms with Gasteiger partial charge in [0.05, 0.1) is 6.54 Å². The third-order valence-electron chi connectivity index (χ3n) is 1.93. The van der Waals surface area contributed by atoms with Crippen molar-refractivity contribution in [3.8, 4) is 11.8 Å². The van der Waals surface area contributed by atoms with E-state index in [4.69, 9.17) is 0 Å². The summed E-state index contributed by atoms with van der Waals surface area (Å²) in [4.78, 5) is 11.2. The van der Waals surface area contributed by atoms with Crippen molar-refractivity contribution in [2.75, 3.05) is 6.54 Å². The maximum atomic E-state index is 11.2. The van der Waals surface area contributed by atoms with Gasteiger partial charge in [-0.1, -0.05) is 39.0 Å². The SMILES string of the molecule is CCC#CCNC(=O)CCCCCC. The molecule has 0 aliphatic heterocycles. The Morgan fingerprint density at radius 2 is 1.93 bits per heavy atom. The van der Waals surface area contributed by atoms with E-state index >= 15 is 0 Å². The van der Waals surface area contributed by atoms with E-state index in [1.807, 2.05) is 6.92 Å². The molecule has 14 heavy (non-hydrogen) atoms. The van der Waals surface area contributed by atoms with Crippen molar-refractivity contribution in [1.29, 1.82) is 0 Å². The lowest BCUT2D eigenvalue weighted by molar-refractivity contribution is -0.120. The molecule has 0 unspecified atom stereocenters. The van der Waals surface area contributed by atoms with Gasteiger partial charge in [-0.05, 0) is 6.42 Å². The van der Waals surface area contributed by atoms with E-state index in [-0.39, 0.29) is 5.91 Å². The minimum atomic E-state index is 0.131. The summed E-state index contributed by atoms with van der Waals surface area (Å²) in [7, 11) is 0. The summed E-state index contributed by atoms with van der Waals surface area (Å²) in [5.41, 5.74) is 0. The highest BCUT2D eigenvalue weighted by Gasteiger charge is 1.97. The Labute approximate surface area is 87.5 Å². The van der Waals surface area contributed by atoms with Crippen molar-refractivity contribution < 1.29 is 4.79 Å². The van der Waals surface area contributed by atoms with Crippen LogP contribution in [0.2, 0.25) is 0 Å². The van der Waals surface area contributed by atoms with Crippen molar-refractivity contribution in [2.24, 2.45) is 0 Å². The molecule has 0 aromatic heterocycles. The lowest BCUT2D eigenvalue weighted by Crippen LogP contribution is -2.23. The standard InChI is InChI=1S/C12H21NO/c1-3-5-7-8-10-12(14)13-11-9-6-4-2/h3-5,7-8,10-11H2,1-2H3,(H,13,14). The Balaban J connectivity index is 3.28. The molecule has 0 saturated carbocycles. The van der Waals surface area contributed by atoms with E-state index in [2.05, 4.69) is 24.1 Å². The van der Waals surface area contributed by atoms with Crippen molar-refractivity contribution in [3.63, 3.8) is 0 Å². The zero-order valence-corrected chi connectivity index (χ0v) is 9.36. The minimum Gasteiger partial charge on any atom is -0.345 e. The molecule has 0 bridgehead atoms. The highest BCUT2D eigenvalue weighted by Crippen LogP contribution is 2.01. The molecule has 0 aromatic rings. The minimum absolute atomic E-state index is 0.131. The summed E-state index contributed by atoms with van der Waals surface area (Å²) >= 11 is 0. The quantitative estimate of drug-likeness (QED) is 0.512. The zero-order chi connectivity index (χ0) is 10.6. The maximum absolute atomic E-state index is 11.2. The molecule has 0 spiro atoms. The van der Waals surface area contributed by atoms with Gasteiger partial charge in [-0.2, -0.15) is 0 Å². The van der Waals surface area contributed by atoms with E-state index in [9.17, 15) is 4.79 Å². The number of nitrogens with one attached hydrogen (secondary N) is 1. The lowest BCUT2D eigenvalue weighted by atomic mass is 10.1. The van der Waals surface area contributed by atoms with Gasteiger partial charge in [-0.3, -0.25) is 4.79 Å². The van der Waals surface area contributed by atoms with Gasteiger partial charge in [0.2, 0.25) is 5.91 Å². The van der Waals surface area contributed by atoms with Gasteiger partial charge in [0, 0.05) is 12.8 Å². The van der Waals surface area contributed by atoms with E-state index in [1.165, 1.54) is 12.8 Å². The van der Waals surface area contributed by atoms with Crippen molar-refractivity contribution >= 4 is 5.91 Å². The monoisotopic (exact) mass is 195 g/mol. The van der Waals surface area contributed by atoms with Crippen LogP contribution in [0.5, 0.6) is 0 Å². The van der Waals surface area contributed by atoms with Crippen LogP contribution in [0.1, 0.15) is 52.4 Å². The normalized spacial score (nSPS) is 9.00. The van der Waals surface area contributed by atoms with Crippen LogP contribution in [0.3, 0.4) is 0 Å². The zero-order valence-electron chi connectivity index (χ0n) is 9.36. The lowest BCUT2D eigenvalue weighted by Gasteiger charge is -2.00. The number of hydrogen-bond acceptors (Lipinski definition) is 1. The van der Waals surface area contributed by atoms with Gasteiger partial charge in [0.15, 0.2) is 0 Å². The van der Waals surface area contributed by atoms with Gasteiger partial charge >= 0.3 is 0 Å². The molecule has 0 rings (SSSR count). The molecule has 80 valence electrons. The average molecular weight is 195 g/mol. The van der Waals surface area contributed by atoms with Crippen molar-refractivity contribution in [2.45, 2.75) is 52.4 Å². The molecular weight excluding hydrogens is 174 g/mol. The molecule has 0 fully saturated rings. The van der Waals surface area contributed by atoms with Crippen molar-refractivity contribution in [3.05, 3.63) is 0 Å². The first-order valence-corrected chi connectivity index (χ1v) is 5.53. The van der Waals surface area contributed by atoms with Crippen LogP contribution in [0.25, 0.3) is 0 Å². The third kappa shape index (κ3) is 9.12. The molecule has 1 amide bonds. The molecule has 2 heteroatoms. The second-order valence-corrected chi connectivity index (χ2v) is 3.29. The molecule has 0 saturated heterocycles. The summed E-state index contributed by atoms with van der Waals surface area (Å²) in [6.07, 6.45) is 6.10. The van der Waals surface area contributed by atoms with Crippen LogP contribution >= 0.6 is 0 Å². The summed E-state index contributed by atoms with van der Waals surface area (Å²) < 4.78 is 0. The van der Waals surface area contributed by atoms with E-state index in [1.54, 1.807) is 0 Å². The Hall–Kier alpha value is -0.970. The number of hydrogen-bond donors (Lipinski definition) is 1. The first kappa shape index (κ1) is 13.0. The Morgan fingerprint density at radius 1 is 1.14 bits per heavy atom. The predicted molar refractivity (Wildman–Crippen MR) is 59.8 cm³/mol. The number of carbonyl (C=O) groups is 1. The molecular formula is C12H21NO. The summed E-state index contributed by atoms with van der Waals surface area (Å²) in [5, 5.41) is 2.78. The van der Waals surface area contributed by atoms with Gasteiger partial charge in [-0.15, -0.1) is 5.92 Å².